The number of hydrogen-bond donors (Lipinski definition) is 0. The monoisotopic (exact) mass is 397 g/mol. The first kappa shape index (κ1) is 20.7. The minimum absolute atomic E-state index is 0.132. The zero-order valence-electron chi connectivity index (χ0n) is 17.4. The number of esters is 1. The van der Waals surface area contributed by atoms with E-state index in [4.69, 9.17) is 14.2 Å². The largest absolute Gasteiger partial charge is 0.497 e. The third-order valence-electron chi connectivity index (χ3n) is 5.15. The number of benzene rings is 2. The summed E-state index contributed by atoms with van der Waals surface area (Å²) in [6, 6.07) is 10.9. The van der Waals surface area contributed by atoms with Gasteiger partial charge in [-0.25, -0.2) is 4.79 Å². The van der Waals surface area contributed by atoms with Gasteiger partial charge < -0.3 is 19.1 Å². The van der Waals surface area contributed by atoms with Crippen molar-refractivity contribution in [2.24, 2.45) is 0 Å². The topological polar surface area (TPSA) is 65.1 Å². The molecule has 1 saturated heterocycles. The Bertz CT molecular complexity index is 888. The van der Waals surface area contributed by atoms with Crippen molar-refractivity contribution in [2.75, 3.05) is 27.4 Å². The van der Waals surface area contributed by atoms with Crippen LogP contribution in [0.5, 0.6) is 11.5 Å². The molecule has 154 valence electrons. The van der Waals surface area contributed by atoms with Crippen LogP contribution in [0.3, 0.4) is 0 Å². The third-order valence-corrected chi connectivity index (χ3v) is 5.15. The lowest BCUT2D eigenvalue weighted by Crippen LogP contribution is -2.34. The van der Waals surface area contributed by atoms with E-state index in [1.807, 2.05) is 38.1 Å². The predicted molar refractivity (Wildman–Crippen MR) is 109 cm³/mol. The van der Waals surface area contributed by atoms with Crippen LogP contribution in [0.15, 0.2) is 36.4 Å². The Kier molecular flexibility index (Phi) is 6.42. The number of amides is 1. The third kappa shape index (κ3) is 4.70. The molecule has 0 radical (unpaired) electrons. The number of carbonyl (C=O) groups is 2. The van der Waals surface area contributed by atoms with Crippen molar-refractivity contribution in [3.63, 3.8) is 0 Å². The van der Waals surface area contributed by atoms with Crippen LogP contribution >= 0.6 is 0 Å². The first-order valence-electron chi connectivity index (χ1n) is 9.69. The highest BCUT2D eigenvalue weighted by Crippen LogP contribution is 2.38. The Morgan fingerprint density at radius 2 is 1.76 bits per heavy atom. The van der Waals surface area contributed by atoms with Crippen molar-refractivity contribution >= 4 is 11.9 Å². The van der Waals surface area contributed by atoms with Gasteiger partial charge in [-0.2, -0.15) is 0 Å². The van der Waals surface area contributed by atoms with E-state index in [9.17, 15) is 9.59 Å². The van der Waals surface area contributed by atoms with Crippen LogP contribution < -0.4 is 9.47 Å². The van der Waals surface area contributed by atoms with E-state index >= 15 is 0 Å². The van der Waals surface area contributed by atoms with E-state index in [-0.39, 0.29) is 18.6 Å². The van der Waals surface area contributed by atoms with E-state index in [1.165, 1.54) is 0 Å². The smallest absolute Gasteiger partial charge is 0.338 e. The summed E-state index contributed by atoms with van der Waals surface area (Å²) >= 11 is 0. The number of ether oxygens (including phenoxy) is 3. The predicted octanol–water partition coefficient (Wildman–Crippen LogP) is 3.84. The van der Waals surface area contributed by atoms with E-state index in [2.05, 4.69) is 0 Å². The second-order valence-electron chi connectivity index (χ2n) is 7.31. The Labute approximate surface area is 171 Å². The van der Waals surface area contributed by atoms with Crippen molar-refractivity contribution in [1.82, 2.24) is 4.90 Å². The van der Waals surface area contributed by atoms with Gasteiger partial charge in [0.25, 0.3) is 5.91 Å². The normalized spacial score (nSPS) is 15.9. The molecule has 0 bridgehead atoms. The molecular weight excluding hydrogens is 370 g/mol. The van der Waals surface area contributed by atoms with Gasteiger partial charge in [-0.3, -0.25) is 4.79 Å². The minimum atomic E-state index is -0.486. The second-order valence-corrected chi connectivity index (χ2v) is 7.31. The maximum absolute atomic E-state index is 12.8. The number of hydrogen-bond acceptors (Lipinski definition) is 5. The summed E-state index contributed by atoms with van der Waals surface area (Å²) in [6.07, 6.45) is 1.70. The SMILES string of the molecule is COc1ccc(OC)c([C@H]2CCCN2C(=O)COC(=O)c2cc(C)cc(C)c2)c1. The van der Waals surface area contributed by atoms with Crippen molar-refractivity contribution in [3.05, 3.63) is 58.7 Å². The molecule has 0 unspecified atom stereocenters. The molecule has 0 N–H and O–H groups in total. The molecule has 6 heteroatoms. The van der Waals surface area contributed by atoms with Crippen LogP contribution in [-0.2, 0) is 9.53 Å². The van der Waals surface area contributed by atoms with Gasteiger partial charge in [0.2, 0.25) is 0 Å². The van der Waals surface area contributed by atoms with Gasteiger partial charge in [-0.1, -0.05) is 17.2 Å². The Balaban J connectivity index is 1.71. The number of methoxy groups -OCH3 is 2. The van der Waals surface area contributed by atoms with Crippen molar-refractivity contribution in [2.45, 2.75) is 32.7 Å². The summed E-state index contributed by atoms with van der Waals surface area (Å²) in [4.78, 5) is 27.0. The fourth-order valence-corrected chi connectivity index (χ4v) is 3.87. The summed E-state index contributed by atoms with van der Waals surface area (Å²) in [6.45, 7) is 4.18. The quantitative estimate of drug-likeness (QED) is 0.693. The van der Waals surface area contributed by atoms with Gasteiger partial charge in [0.05, 0.1) is 25.8 Å². The van der Waals surface area contributed by atoms with E-state index in [0.717, 1.165) is 29.5 Å². The van der Waals surface area contributed by atoms with Crippen LogP contribution in [0.2, 0.25) is 0 Å². The average Bonchev–Trinajstić information content (AvgIpc) is 3.20. The molecule has 0 aliphatic carbocycles. The van der Waals surface area contributed by atoms with Gasteiger partial charge in [-0.05, 0) is 57.0 Å². The maximum atomic E-state index is 12.8. The maximum Gasteiger partial charge on any atom is 0.338 e. The van der Waals surface area contributed by atoms with E-state index < -0.39 is 5.97 Å². The first-order chi connectivity index (χ1) is 13.9. The highest BCUT2D eigenvalue weighted by atomic mass is 16.5. The zero-order valence-corrected chi connectivity index (χ0v) is 17.4. The molecular formula is C23H27NO5. The number of aryl methyl sites for hydroxylation is 2. The number of nitrogens with zero attached hydrogens (tertiary/aromatic N) is 1. The summed E-state index contributed by atoms with van der Waals surface area (Å²) in [5.74, 6) is 0.721. The molecule has 29 heavy (non-hydrogen) atoms. The summed E-state index contributed by atoms with van der Waals surface area (Å²) in [5, 5.41) is 0. The van der Waals surface area contributed by atoms with Crippen molar-refractivity contribution in [1.29, 1.82) is 0 Å². The first-order valence-corrected chi connectivity index (χ1v) is 9.69. The summed E-state index contributed by atoms with van der Waals surface area (Å²) in [7, 11) is 3.22. The van der Waals surface area contributed by atoms with Gasteiger partial charge in [-0.15, -0.1) is 0 Å². The second kappa shape index (κ2) is 8.99. The number of rotatable bonds is 6. The molecule has 1 atom stereocenters. The molecule has 1 aliphatic rings. The Hall–Kier alpha value is -3.02. The standard InChI is InChI=1S/C23H27NO5/c1-15-10-16(2)12-17(11-15)23(26)29-14-22(25)24-9-5-6-20(24)19-13-18(27-3)7-8-21(19)28-4/h7-8,10-13,20H,5-6,9,14H2,1-4H3/t20-/m1/s1. The van der Waals surface area contributed by atoms with Crippen LogP contribution in [-0.4, -0.2) is 44.1 Å². The lowest BCUT2D eigenvalue weighted by Gasteiger charge is -2.26. The molecule has 3 rings (SSSR count). The molecule has 1 heterocycles. The Morgan fingerprint density at radius 3 is 2.41 bits per heavy atom. The van der Waals surface area contributed by atoms with E-state index in [1.54, 1.807) is 31.3 Å². The fourth-order valence-electron chi connectivity index (χ4n) is 3.87. The fraction of sp³-hybridized carbons (Fsp3) is 0.391. The van der Waals surface area contributed by atoms with Gasteiger partial charge in [0.1, 0.15) is 11.5 Å². The van der Waals surface area contributed by atoms with E-state index in [0.29, 0.717) is 23.6 Å². The Morgan fingerprint density at radius 1 is 1.03 bits per heavy atom. The molecule has 2 aromatic rings. The lowest BCUT2D eigenvalue weighted by atomic mass is 10.0. The molecule has 6 nitrogen and oxygen atoms in total. The van der Waals surface area contributed by atoms with Crippen molar-refractivity contribution < 1.29 is 23.8 Å². The van der Waals surface area contributed by atoms with Crippen LogP contribution in [0.25, 0.3) is 0 Å². The number of carbonyl (C=O) groups excluding carboxylic acids is 2. The van der Waals surface area contributed by atoms with Gasteiger partial charge in [0, 0.05) is 12.1 Å². The van der Waals surface area contributed by atoms with Gasteiger partial charge >= 0.3 is 5.97 Å². The lowest BCUT2D eigenvalue weighted by molar-refractivity contribution is -0.135. The molecule has 1 fully saturated rings. The number of likely N-dealkylation sites (tertiary alicyclic amines) is 1. The molecule has 0 aromatic heterocycles. The highest BCUT2D eigenvalue weighted by Gasteiger charge is 2.32. The van der Waals surface area contributed by atoms with Crippen molar-refractivity contribution in [3.8, 4) is 11.5 Å². The average molecular weight is 397 g/mol. The van der Waals surface area contributed by atoms with Crippen LogP contribution in [0.1, 0.15) is 45.9 Å². The van der Waals surface area contributed by atoms with Crippen LogP contribution in [0, 0.1) is 13.8 Å². The minimum Gasteiger partial charge on any atom is -0.497 e. The molecule has 1 amide bonds. The summed E-state index contributed by atoms with van der Waals surface area (Å²) in [5.41, 5.74) is 3.32. The molecule has 2 aromatic carbocycles. The zero-order chi connectivity index (χ0) is 21.0. The van der Waals surface area contributed by atoms with Crippen LogP contribution in [0.4, 0.5) is 0 Å². The molecule has 0 spiro atoms. The summed E-state index contributed by atoms with van der Waals surface area (Å²) < 4.78 is 16.1. The molecule has 0 saturated carbocycles. The molecule has 1 aliphatic heterocycles. The van der Waals surface area contributed by atoms with Gasteiger partial charge in [0.15, 0.2) is 6.61 Å². The highest BCUT2D eigenvalue weighted by molar-refractivity contribution is 5.91.